The Bertz CT molecular complexity index is 716. The van der Waals surface area contributed by atoms with Crippen molar-refractivity contribution in [3.63, 3.8) is 0 Å². The third-order valence-corrected chi connectivity index (χ3v) is 4.05. The van der Waals surface area contributed by atoms with Crippen LogP contribution in [0.3, 0.4) is 0 Å². The summed E-state index contributed by atoms with van der Waals surface area (Å²) in [6, 6.07) is 3.80. The predicted octanol–water partition coefficient (Wildman–Crippen LogP) is 2.53. The van der Waals surface area contributed by atoms with E-state index in [9.17, 15) is 0 Å². The molecule has 20 heavy (non-hydrogen) atoms. The SMILES string of the molecule is Cc1csc(CCn2cncc2-c2ccnc(N)c2)n1. The Hall–Kier alpha value is -2.21. The highest BCUT2D eigenvalue weighted by Gasteiger charge is 2.07. The van der Waals surface area contributed by atoms with Crippen LogP contribution in [0.2, 0.25) is 0 Å². The molecule has 0 saturated carbocycles. The lowest BCUT2D eigenvalue weighted by Crippen LogP contribution is -2.02. The number of nitrogen functional groups attached to an aromatic ring is 1. The van der Waals surface area contributed by atoms with Crippen LogP contribution in [-0.4, -0.2) is 19.5 Å². The highest BCUT2D eigenvalue weighted by molar-refractivity contribution is 7.09. The minimum absolute atomic E-state index is 0.519. The number of nitrogens with two attached hydrogens (primary N) is 1. The second-order valence-electron chi connectivity index (χ2n) is 4.57. The fourth-order valence-electron chi connectivity index (χ4n) is 2.08. The molecule has 0 spiro atoms. The van der Waals surface area contributed by atoms with Gasteiger partial charge in [-0.2, -0.15) is 0 Å². The van der Waals surface area contributed by atoms with Crippen molar-refractivity contribution < 1.29 is 0 Å². The summed E-state index contributed by atoms with van der Waals surface area (Å²) in [5, 5.41) is 3.23. The summed E-state index contributed by atoms with van der Waals surface area (Å²) in [6.07, 6.45) is 6.31. The van der Waals surface area contributed by atoms with Gasteiger partial charge in [-0.15, -0.1) is 11.3 Å². The third kappa shape index (κ3) is 2.70. The number of hydrogen-bond acceptors (Lipinski definition) is 5. The van der Waals surface area contributed by atoms with E-state index in [1.54, 1.807) is 17.5 Å². The van der Waals surface area contributed by atoms with Crippen LogP contribution in [-0.2, 0) is 13.0 Å². The van der Waals surface area contributed by atoms with Gasteiger partial charge in [-0.3, -0.25) is 0 Å². The Morgan fingerprint density at radius 1 is 1.40 bits per heavy atom. The topological polar surface area (TPSA) is 69.6 Å². The lowest BCUT2D eigenvalue weighted by molar-refractivity contribution is 0.698. The van der Waals surface area contributed by atoms with Gasteiger partial charge in [0, 0.05) is 35.8 Å². The molecule has 3 aromatic rings. The summed E-state index contributed by atoms with van der Waals surface area (Å²) in [7, 11) is 0. The molecular formula is C14H15N5S. The van der Waals surface area contributed by atoms with Gasteiger partial charge in [0.25, 0.3) is 0 Å². The molecule has 0 aromatic carbocycles. The van der Waals surface area contributed by atoms with E-state index in [1.807, 2.05) is 31.6 Å². The highest BCUT2D eigenvalue weighted by Crippen LogP contribution is 2.20. The highest BCUT2D eigenvalue weighted by atomic mass is 32.1. The van der Waals surface area contributed by atoms with E-state index in [0.29, 0.717) is 5.82 Å². The largest absolute Gasteiger partial charge is 0.384 e. The first-order chi connectivity index (χ1) is 9.72. The molecule has 0 fully saturated rings. The second-order valence-corrected chi connectivity index (χ2v) is 5.52. The summed E-state index contributed by atoms with van der Waals surface area (Å²) in [5.74, 6) is 0.519. The lowest BCUT2D eigenvalue weighted by atomic mass is 10.2. The number of anilines is 1. The van der Waals surface area contributed by atoms with Crippen molar-refractivity contribution in [3.8, 4) is 11.3 Å². The minimum atomic E-state index is 0.519. The van der Waals surface area contributed by atoms with Crippen molar-refractivity contribution >= 4 is 17.2 Å². The van der Waals surface area contributed by atoms with Crippen LogP contribution >= 0.6 is 11.3 Å². The summed E-state index contributed by atoms with van der Waals surface area (Å²) >= 11 is 1.70. The zero-order chi connectivity index (χ0) is 13.9. The number of pyridine rings is 1. The zero-order valence-corrected chi connectivity index (χ0v) is 12.0. The standard InChI is InChI=1S/C14H15N5S/c1-10-8-20-14(18-10)3-5-19-9-16-7-12(19)11-2-4-17-13(15)6-11/h2,4,6-9H,3,5H2,1H3,(H2,15,17). The van der Waals surface area contributed by atoms with Crippen molar-refractivity contribution in [1.29, 1.82) is 0 Å². The normalized spacial score (nSPS) is 10.8. The first-order valence-corrected chi connectivity index (χ1v) is 7.23. The van der Waals surface area contributed by atoms with Gasteiger partial charge in [0.2, 0.25) is 0 Å². The molecule has 3 aromatic heterocycles. The van der Waals surface area contributed by atoms with Gasteiger partial charge in [0.1, 0.15) is 5.82 Å². The molecule has 5 nitrogen and oxygen atoms in total. The molecule has 3 heterocycles. The van der Waals surface area contributed by atoms with E-state index >= 15 is 0 Å². The van der Waals surface area contributed by atoms with Crippen LogP contribution < -0.4 is 5.73 Å². The number of thiazole rings is 1. The van der Waals surface area contributed by atoms with Crippen LogP contribution in [0.15, 0.2) is 36.2 Å². The maximum absolute atomic E-state index is 5.73. The monoisotopic (exact) mass is 285 g/mol. The van der Waals surface area contributed by atoms with Gasteiger partial charge in [-0.1, -0.05) is 0 Å². The number of aromatic nitrogens is 4. The fraction of sp³-hybridized carbons (Fsp3) is 0.214. The Labute approximate surface area is 121 Å². The maximum Gasteiger partial charge on any atom is 0.123 e. The van der Waals surface area contributed by atoms with Crippen LogP contribution in [0.5, 0.6) is 0 Å². The summed E-state index contributed by atoms with van der Waals surface area (Å²) in [6.45, 7) is 2.87. The van der Waals surface area contributed by atoms with Crippen molar-refractivity contribution in [2.24, 2.45) is 0 Å². The van der Waals surface area contributed by atoms with Gasteiger partial charge in [-0.25, -0.2) is 15.0 Å². The van der Waals surface area contributed by atoms with E-state index in [2.05, 4.69) is 24.9 Å². The van der Waals surface area contributed by atoms with Crippen LogP contribution in [0, 0.1) is 6.92 Å². The van der Waals surface area contributed by atoms with Gasteiger partial charge < -0.3 is 10.3 Å². The average molecular weight is 285 g/mol. The Morgan fingerprint density at radius 3 is 3.05 bits per heavy atom. The molecule has 0 aliphatic rings. The number of imidazole rings is 1. The minimum Gasteiger partial charge on any atom is -0.384 e. The molecule has 0 amide bonds. The number of aryl methyl sites for hydroxylation is 3. The van der Waals surface area contributed by atoms with E-state index < -0.39 is 0 Å². The van der Waals surface area contributed by atoms with Gasteiger partial charge in [0.15, 0.2) is 0 Å². The molecule has 0 unspecified atom stereocenters. The maximum atomic E-state index is 5.73. The molecule has 0 bridgehead atoms. The molecule has 2 N–H and O–H groups in total. The van der Waals surface area contributed by atoms with E-state index in [0.717, 1.165) is 34.9 Å². The molecular weight excluding hydrogens is 270 g/mol. The molecule has 102 valence electrons. The quantitative estimate of drug-likeness (QED) is 0.799. The summed E-state index contributed by atoms with van der Waals surface area (Å²) < 4.78 is 2.12. The first kappa shape index (κ1) is 12.8. The average Bonchev–Trinajstić information content (AvgIpc) is 3.05. The van der Waals surface area contributed by atoms with Gasteiger partial charge in [0.05, 0.1) is 23.2 Å². The van der Waals surface area contributed by atoms with Crippen molar-refractivity contribution in [2.75, 3.05) is 5.73 Å². The number of rotatable bonds is 4. The van der Waals surface area contributed by atoms with Gasteiger partial charge in [-0.05, 0) is 19.1 Å². The molecule has 0 aliphatic carbocycles. The first-order valence-electron chi connectivity index (χ1n) is 6.35. The van der Waals surface area contributed by atoms with Gasteiger partial charge >= 0.3 is 0 Å². The third-order valence-electron chi connectivity index (χ3n) is 3.02. The smallest absolute Gasteiger partial charge is 0.123 e. The van der Waals surface area contributed by atoms with Crippen LogP contribution in [0.4, 0.5) is 5.82 Å². The van der Waals surface area contributed by atoms with Crippen LogP contribution in [0.1, 0.15) is 10.7 Å². The Morgan fingerprint density at radius 2 is 2.30 bits per heavy atom. The molecule has 3 rings (SSSR count). The second kappa shape index (κ2) is 5.42. The van der Waals surface area contributed by atoms with E-state index in [1.165, 1.54) is 0 Å². The summed E-state index contributed by atoms with van der Waals surface area (Å²) in [5.41, 5.74) is 8.90. The molecule has 0 aliphatic heterocycles. The fourth-order valence-corrected chi connectivity index (χ4v) is 2.85. The van der Waals surface area contributed by atoms with Crippen LogP contribution in [0.25, 0.3) is 11.3 Å². The van der Waals surface area contributed by atoms with Crippen molar-refractivity contribution in [2.45, 2.75) is 19.9 Å². The molecule has 0 atom stereocenters. The molecule has 0 saturated heterocycles. The zero-order valence-electron chi connectivity index (χ0n) is 11.2. The predicted molar refractivity (Wildman–Crippen MR) is 80.4 cm³/mol. The van der Waals surface area contributed by atoms with E-state index in [4.69, 9.17) is 5.73 Å². The Kier molecular flexibility index (Phi) is 3.47. The van der Waals surface area contributed by atoms with E-state index in [-0.39, 0.29) is 0 Å². The van der Waals surface area contributed by atoms with Crippen molar-refractivity contribution in [3.05, 3.63) is 46.9 Å². The lowest BCUT2D eigenvalue weighted by Gasteiger charge is -2.07. The number of hydrogen-bond donors (Lipinski definition) is 1. The molecule has 6 heteroatoms. The molecule has 0 radical (unpaired) electrons. The number of nitrogens with zero attached hydrogens (tertiary/aromatic N) is 4. The van der Waals surface area contributed by atoms with Crippen molar-refractivity contribution in [1.82, 2.24) is 19.5 Å². The Balaban J connectivity index is 1.80. The summed E-state index contributed by atoms with van der Waals surface area (Å²) in [4.78, 5) is 12.7.